The molecule has 1 amide bonds. The quantitative estimate of drug-likeness (QED) is 0.857. The van der Waals surface area contributed by atoms with Gasteiger partial charge in [0, 0.05) is 30.4 Å². The molecule has 2 aromatic rings. The van der Waals surface area contributed by atoms with Crippen LogP contribution in [-0.2, 0) is 16.1 Å². The third-order valence-corrected chi connectivity index (χ3v) is 3.69. The number of hydrogen-bond donors (Lipinski definition) is 1. The van der Waals surface area contributed by atoms with Crippen LogP contribution in [0.2, 0.25) is 0 Å². The number of fused-ring (bicyclic) bond motifs is 1. The molecule has 3 heterocycles. The normalized spacial score (nSPS) is 18.0. The minimum absolute atomic E-state index is 0.0442. The van der Waals surface area contributed by atoms with Crippen LogP contribution in [-0.4, -0.2) is 28.6 Å². The van der Waals surface area contributed by atoms with E-state index in [2.05, 4.69) is 22.9 Å². The molecule has 0 saturated carbocycles. The fourth-order valence-corrected chi connectivity index (χ4v) is 2.74. The van der Waals surface area contributed by atoms with E-state index < -0.39 is 0 Å². The van der Waals surface area contributed by atoms with Gasteiger partial charge in [0.15, 0.2) is 0 Å². The van der Waals surface area contributed by atoms with Gasteiger partial charge in [0.25, 0.3) is 0 Å². The molecule has 0 bridgehead atoms. The van der Waals surface area contributed by atoms with Gasteiger partial charge in [-0.1, -0.05) is 6.08 Å². The first kappa shape index (κ1) is 13.8. The molecule has 110 valence electrons. The third-order valence-electron chi connectivity index (χ3n) is 3.69. The number of rotatable bonds is 5. The number of aromatic nitrogens is 2. The summed E-state index contributed by atoms with van der Waals surface area (Å²) in [5, 5.41) is 3.85. The van der Waals surface area contributed by atoms with Crippen molar-refractivity contribution in [1.82, 2.24) is 14.9 Å². The average Bonchev–Trinajstić information content (AvgIpc) is 3.13. The highest BCUT2D eigenvalue weighted by atomic mass is 16.5. The van der Waals surface area contributed by atoms with E-state index in [1.54, 1.807) is 12.3 Å². The number of nitrogens with one attached hydrogen (secondary N) is 1. The molecule has 1 atom stereocenters. The molecular formula is C16H19N3O2. The Hall–Kier alpha value is -2.14. The summed E-state index contributed by atoms with van der Waals surface area (Å²) in [6, 6.07) is 6.00. The maximum Gasteiger partial charge on any atom is 0.240 e. The van der Waals surface area contributed by atoms with E-state index in [1.807, 2.05) is 16.7 Å². The highest BCUT2D eigenvalue weighted by Crippen LogP contribution is 2.32. The molecule has 0 aromatic carbocycles. The number of carbonyl (C=O) groups is 1. The van der Waals surface area contributed by atoms with Crippen LogP contribution in [0.25, 0.3) is 11.0 Å². The second kappa shape index (κ2) is 6.10. The predicted molar refractivity (Wildman–Crippen MR) is 80.9 cm³/mol. The molecule has 2 aromatic heterocycles. The smallest absolute Gasteiger partial charge is 0.240 e. The lowest BCUT2D eigenvalue weighted by molar-refractivity contribution is -0.121. The first-order valence-electron chi connectivity index (χ1n) is 7.23. The predicted octanol–water partition coefficient (Wildman–Crippen LogP) is 2.19. The lowest BCUT2D eigenvalue weighted by atomic mass is 10.2. The van der Waals surface area contributed by atoms with Crippen molar-refractivity contribution in [2.45, 2.75) is 25.5 Å². The zero-order chi connectivity index (χ0) is 14.7. The van der Waals surface area contributed by atoms with Crippen molar-refractivity contribution < 1.29 is 9.53 Å². The minimum Gasteiger partial charge on any atom is -0.372 e. The van der Waals surface area contributed by atoms with E-state index in [4.69, 9.17) is 4.74 Å². The van der Waals surface area contributed by atoms with Gasteiger partial charge in [-0.25, -0.2) is 4.98 Å². The van der Waals surface area contributed by atoms with Crippen LogP contribution < -0.4 is 5.32 Å². The third kappa shape index (κ3) is 2.83. The number of carbonyl (C=O) groups excluding carboxylic acids is 1. The summed E-state index contributed by atoms with van der Waals surface area (Å²) >= 11 is 0. The van der Waals surface area contributed by atoms with Gasteiger partial charge in [0.2, 0.25) is 5.91 Å². The summed E-state index contributed by atoms with van der Waals surface area (Å²) in [5.74, 6) is -0.0442. The molecule has 3 rings (SSSR count). The second-order valence-electron chi connectivity index (χ2n) is 5.17. The lowest BCUT2D eigenvalue weighted by Gasteiger charge is -2.14. The van der Waals surface area contributed by atoms with Gasteiger partial charge in [-0.3, -0.25) is 4.79 Å². The molecule has 0 unspecified atom stereocenters. The molecule has 1 fully saturated rings. The monoisotopic (exact) mass is 285 g/mol. The molecule has 0 radical (unpaired) electrons. The van der Waals surface area contributed by atoms with Gasteiger partial charge >= 0.3 is 0 Å². The Balaban J connectivity index is 1.95. The Morgan fingerprint density at radius 3 is 3.29 bits per heavy atom. The largest absolute Gasteiger partial charge is 0.372 e. The van der Waals surface area contributed by atoms with E-state index in [0.29, 0.717) is 6.54 Å². The molecule has 1 aliphatic heterocycles. The highest BCUT2D eigenvalue weighted by Gasteiger charge is 2.24. The van der Waals surface area contributed by atoms with Crippen molar-refractivity contribution in [3.8, 4) is 0 Å². The second-order valence-corrected chi connectivity index (χ2v) is 5.17. The SMILES string of the molecule is C=CCNC(=O)Cn1c([C@H]2CCCO2)cc2cccnc21. The average molecular weight is 285 g/mol. The lowest BCUT2D eigenvalue weighted by Crippen LogP contribution is -2.28. The molecular weight excluding hydrogens is 266 g/mol. The summed E-state index contributed by atoms with van der Waals surface area (Å²) in [6.45, 7) is 5.11. The Labute approximate surface area is 123 Å². The van der Waals surface area contributed by atoms with Crippen LogP contribution in [0, 0.1) is 0 Å². The van der Waals surface area contributed by atoms with Gasteiger partial charge in [-0.15, -0.1) is 6.58 Å². The van der Waals surface area contributed by atoms with Crippen molar-refractivity contribution in [3.63, 3.8) is 0 Å². The van der Waals surface area contributed by atoms with Crippen molar-refractivity contribution in [2.75, 3.05) is 13.2 Å². The molecule has 0 spiro atoms. The summed E-state index contributed by atoms with van der Waals surface area (Å²) in [4.78, 5) is 16.4. The molecule has 0 aliphatic carbocycles. The van der Waals surface area contributed by atoms with E-state index in [1.165, 1.54) is 0 Å². The van der Waals surface area contributed by atoms with Gasteiger partial charge in [-0.2, -0.15) is 0 Å². The van der Waals surface area contributed by atoms with E-state index in [0.717, 1.165) is 36.2 Å². The van der Waals surface area contributed by atoms with Crippen molar-refractivity contribution in [2.24, 2.45) is 0 Å². The van der Waals surface area contributed by atoms with Crippen LogP contribution in [0.4, 0.5) is 0 Å². The van der Waals surface area contributed by atoms with Crippen LogP contribution in [0.1, 0.15) is 24.6 Å². The topological polar surface area (TPSA) is 56.2 Å². The molecule has 1 aliphatic rings. The van der Waals surface area contributed by atoms with Crippen LogP contribution >= 0.6 is 0 Å². The van der Waals surface area contributed by atoms with Crippen LogP contribution in [0.3, 0.4) is 0 Å². The van der Waals surface area contributed by atoms with Crippen molar-refractivity contribution in [1.29, 1.82) is 0 Å². The highest BCUT2D eigenvalue weighted by molar-refractivity contribution is 5.82. The summed E-state index contributed by atoms with van der Waals surface area (Å²) in [5.41, 5.74) is 1.87. The van der Waals surface area contributed by atoms with E-state index in [-0.39, 0.29) is 18.6 Å². The Morgan fingerprint density at radius 1 is 1.62 bits per heavy atom. The standard InChI is InChI=1S/C16H19N3O2/c1-2-7-17-15(20)11-19-13(14-6-4-9-21-14)10-12-5-3-8-18-16(12)19/h2-3,5,8,10,14H,1,4,6-7,9,11H2,(H,17,20)/t14-/m1/s1. The van der Waals surface area contributed by atoms with E-state index >= 15 is 0 Å². The maximum atomic E-state index is 12.0. The van der Waals surface area contributed by atoms with Gasteiger partial charge in [0.1, 0.15) is 12.2 Å². The summed E-state index contributed by atoms with van der Waals surface area (Å²) in [6.07, 6.45) is 5.53. The van der Waals surface area contributed by atoms with Crippen molar-refractivity contribution in [3.05, 3.63) is 42.7 Å². The van der Waals surface area contributed by atoms with Gasteiger partial charge in [-0.05, 0) is 31.0 Å². The van der Waals surface area contributed by atoms with Gasteiger partial charge in [0.05, 0.1) is 6.10 Å². The number of amides is 1. The maximum absolute atomic E-state index is 12.0. The Morgan fingerprint density at radius 2 is 2.52 bits per heavy atom. The summed E-state index contributed by atoms with van der Waals surface area (Å²) in [7, 11) is 0. The fraction of sp³-hybridized carbons (Fsp3) is 0.375. The number of nitrogens with zero attached hydrogens (tertiary/aromatic N) is 2. The number of hydrogen-bond acceptors (Lipinski definition) is 3. The molecule has 5 nitrogen and oxygen atoms in total. The van der Waals surface area contributed by atoms with E-state index in [9.17, 15) is 4.79 Å². The van der Waals surface area contributed by atoms with Crippen LogP contribution in [0.5, 0.6) is 0 Å². The fourth-order valence-electron chi connectivity index (χ4n) is 2.74. The zero-order valence-corrected chi connectivity index (χ0v) is 11.9. The Bertz CT molecular complexity index is 657. The minimum atomic E-state index is -0.0442. The van der Waals surface area contributed by atoms with Crippen molar-refractivity contribution >= 4 is 16.9 Å². The first-order chi connectivity index (χ1) is 10.3. The molecule has 21 heavy (non-hydrogen) atoms. The molecule has 1 N–H and O–H groups in total. The zero-order valence-electron chi connectivity index (χ0n) is 11.9. The molecule has 1 saturated heterocycles. The molecule has 5 heteroatoms. The van der Waals surface area contributed by atoms with Crippen LogP contribution in [0.15, 0.2) is 37.1 Å². The number of ether oxygens (including phenoxy) is 1. The number of pyridine rings is 1. The van der Waals surface area contributed by atoms with Gasteiger partial charge < -0.3 is 14.6 Å². The summed E-state index contributed by atoms with van der Waals surface area (Å²) < 4.78 is 7.74. The Kier molecular flexibility index (Phi) is 4.01. The first-order valence-corrected chi connectivity index (χ1v) is 7.23.